The van der Waals surface area contributed by atoms with Crippen molar-refractivity contribution >= 4 is 27.5 Å². The summed E-state index contributed by atoms with van der Waals surface area (Å²) in [7, 11) is 0. The van der Waals surface area contributed by atoms with Crippen LogP contribution in [0.2, 0.25) is 0 Å². The molecule has 16 heavy (non-hydrogen) atoms. The van der Waals surface area contributed by atoms with Crippen LogP contribution in [0.1, 0.15) is 38.2 Å². The Hall–Kier alpha value is -0.0100. The molecule has 0 saturated carbocycles. The van der Waals surface area contributed by atoms with Gasteiger partial charge in [-0.1, -0.05) is 60.3 Å². The van der Waals surface area contributed by atoms with E-state index in [9.17, 15) is 0 Å². The van der Waals surface area contributed by atoms with Crippen molar-refractivity contribution in [1.29, 1.82) is 0 Å². The maximum absolute atomic E-state index is 6.03. The standard InChI is InChI=1S/C14H20BrCl/c1-2-3-4-7-12(11-16)10-13-8-5-6-9-14(13)15/h5-6,8-9,12H,2-4,7,10-11H2,1H3. The number of hydrogen-bond donors (Lipinski definition) is 0. The quantitative estimate of drug-likeness (QED) is 0.465. The first kappa shape index (κ1) is 14.1. The molecule has 0 aliphatic carbocycles. The van der Waals surface area contributed by atoms with E-state index >= 15 is 0 Å². The Morgan fingerprint density at radius 1 is 1.25 bits per heavy atom. The molecule has 0 N–H and O–H groups in total. The molecule has 0 saturated heterocycles. The van der Waals surface area contributed by atoms with Crippen LogP contribution in [0.5, 0.6) is 0 Å². The van der Waals surface area contributed by atoms with Crippen molar-refractivity contribution < 1.29 is 0 Å². The van der Waals surface area contributed by atoms with E-state index in [0.717, 1.165) is 12.3 Å². The fourth-order valence-electron chi connectivity index (χ4n) is 1.89. The van der Waals surface area contributed by atoms with Gasteiger partial charge >= 0.3 is 0 Å². The molecular weight excluding hydrogens is 284 g/mol. The molecule has 0 fully saturated rings. The summed E-state index contributed by atoms with van der Waals surface area (Å²) in [6.07, 6.45) is 6.25. The van der Waals surface area contributed by atoms with E-state index in [1.165, 1.54) is 35.7 Å². The van der Waals surface area contributed by atoms with Gasteiger partial charge in [-0.05, 0) is 30.4 Å². The third-order valence-electron chi connectivity index (χ3n) is 2.90. The second-order valence-electron chi connectivity index (χ2n) is 4.31. The molecule has 0 aliphatic rings. The fraction of sp³-hybridized carbons (Fsp3) is 0.571. The van der Waals surface area contributed by atoms with Crippen molar-refractivity contribution in [3.8, 4) is 0 Å². The average Bonchev–Trinajstić information content (AvgIpc) is 2.30. The lowest BCUT2D eigenvalue weighted by molar-refractivity contribution is 0.497. The molecule has 0 aromatic heterocycles. The minimum Gasteiger partial charge on any atom is -0.126 e. The zero-order chi connectivity index (χ0) is 11.8. The second kappa shape index (κ2) is 8.14. The predicted molar refractivity (Wildman–Crippen MR) is 76.2 cm³/mol. The molecule has 0 amide bonds. The Kier molecular flexibility index (Phi) is 7.15. The molecule has 0 nitrogen and oxygen atoms in total. The SMILES string of the molecule is CCCCCC(CCl)Cc1ccccc1Br. The highest BCUT2D eigenvalue weighted by Gasteiger charge is 2.09. The Labute approximate surface area is 113 Å². The van der Waals surface area contributed by atoms with Crippen LogP contribution >= 0.6 is 27.5 Å². The van der Waals surface area contributed by atoms with Gasteiger partial charge in [0.25, 0.3) is 0 Å². The van der Waals surface area contributed by atoms with Crippen LogP contribution in [0.15, 0.2) is 28.7 Å². The lowest BCUT2D eigenvalue weighted by atomic mass is 9.95. The Balaban J connectivity index is 2.46. The van der Waals surface area contributed by atoms with Crippen LogP contribution in [-0.4, -0.2) is 5.88 Å². The van der Waals surface area contributed by atoms with Gasteiger partial charge < -0.3 is 0 Å². The van der Waals surface area contributed by atoms with E-state index in [1.54, 1.807) is 0 Å². The van der Waals surface area contributed by atoms with Gasteiger partial charge in [-0.2, -0.15) is 0 Å². The van der Waals surface area contributed by atoms with Crippen molar-refractivity contribution in [2.75, 3.05) is 5.88 Å². The summed E-state index contributed by atoms with van der Waals surface area (Å²) in [5.41, 5.74) is 1.38. The summed E-state index contributed by atoms with van der Waals surface area (Å²) in [5, 5.41) is 0. The van der Waals surface area contributed by atoms with Crippen molar-refractivity contribution in [1.82, 2.24) is 0 Å². The summed E-state index contributed by atoms with van der Waals surface area (Å²) in [5.74, 6) is 1.39. The fourth-order valence-corrected chi connectivity index (χ4v) is 2.60. The minimum atomic E-state index is 0.618. The molecule has 1 aromatic rings. The summed E-state index contributed by atoms with van der Waals surface area (Å²) in [6, 6.07) is 8.44. The molecule has 0 spiro atoms. The number of unbranched alkanes of at least 4 members (excludes halogenated alkanes) is 2. The van der Waals surface area contributed by atoms with Crippen molar-refractivity contribution in [2.24, 2.45) is 5.92 Å². The highest BCUT2D eigenvalue weighted by molar-refractivity contribution is 9.10. The maximum Gasteiger partial charge on any atom is 0.0254 e. The zero-order valence-corrected chi connectivity index (χ0v) is 12.2. The minimum absolute atomic E-state index is 0.618. The number of halogens is 2. The summed E-state index contributed by atoms with van der Waals surface area (Å²) in [6.45, 7) is 2.24. The molecule has 90 valence electrons. The van der Waals surface area contributed by atoms with E-state index in [-0.39, 0.29) is 0 Å². The van der Waals surface area contributed by atoms with E-state index in [1.807, 2.05) is 0 Å². The van der Waals surface area contributed by atoms with Gasteiger partial charge in [0.1, 0.15) is 0 Å². The highest BCUT2D eigenvalue weighted by Crippen LogP contribution is 2.23. The van der Waals surface area contributed by atoms with Gasteiger partial charge in [-0.15, -0.1) is 11.6 Å². The van der Waals surface area contributed by atoms with Gasteiger partial charge in [0.2, 0.25) is 0 Å². The molecule has 1 unspecified atom stereocenters. The first-order valence-electron chi connectivity index (χ1n) is 6.07. The highest BCUT2D eigenvalue weighted by atomic mass is 79.9. The average molecular weight is 304 g/mol. The van der Waals surface area contributed by atoms with E-state index in [2.05, 4.69) is 47.1 Å². The Morgan fingerprint density at radius 2 is 2.00 bits per heavy atom. The van der Waals surface area contributed by atoms with Crippen molar-refractivity contribution in [3.63, 3.8) is 0 Å². The predicted octanol–water partition coefficient (Wildman–Crippen LogP) is 5.43. The molecule has 2 heteroatoms. The lowest BCUT2D eigenvalue weighted by Gasteiger charge is -2.14. The normalized spacial score (nSPS) is 12.7. The van der Waals surface area contributed by atoms with Gasteiger partial charge in [0, 0.05) is 10.4 Å². The number of hydrogen-bond acceptors (Lipinski definition) is 0. The number of alkyl halides is 1. The molecule has 0 heterocycles. The van der Waals surface area contributed by atoms with Crippen LogP contribution in [0.25, 0.3) is 0 Å². The van der Waals surface area contributed by atoms with Crippen LogP contribution < -0.4 is 0 Å². The molecule has 1 rings (SSSR count). The van der Waals surface area contributed by atoms with E-state index < -0.39 is 0 Å². The largest absolute Gasteiger partial charge is 0.126 e. The first-order valence-corrected chi connectivity index (χ1v) is 7.40. The molecular formula is C14H20BrCl. The number of benzene rings is 1. The van der Waals surface area contributed by atoms with Gasteiger partial charge in [0.15, 0.2) is 0 Å². The Morgan fingerprint density at radius 3 is 2.62 bits per heavy atom. The van der Waals surface area contributed by atoms with E-state index in [4.69, 9.17) is 11.6 Å². The molecule has 0 radical (unpaired) electrons. The van der Waals surface area contributed by atoms with Gasteiger partial charge in [-0.25, -0.2) is 0 Å². The third kappa shape index (κ3) is 4.88. The van der Waals surface area contributed by atoms with Crippen molar-refractivity contribution in [2.45, 2.75) is 39.0 Å². The first-order chi connectivity index (χ1) is 7.77. The molecule has 0 aliphatic heterocycles. The van der Waals surface area contributed by atoms with Crippen LogP contribution in [0, 0.1) is 5.92 Å². The zero-order valence-electron chi connectivity index (χ0n) is 9.89. The van der Waals surface area contributed by atoms with Gasteiger partial charge in [0.05, 0.1) is 0 Å². The van der Waals surface area contributed by atoms with Crippen molar-refractivity contribution in [3.05, 3.63) is 34.3 Å². The Bertz CT molecular complexity index is 299. The summed E-state index contributed by atoms with van der Waals surface area (Å²) in [4.78, 5) is 0. The monoisotopic (exact) mass is 302 g/mol. The lowest BCUT2D eigenvalue weighted by Crippen LogP contribution is -2.07. The summed E-state index contributed by atoms with van der Waals surface area (Å²) >= 11 is 9.63. The van der Waals surface area contributed by atoms with E-state index in [0.29, 0.717) is 5.92 Å². The second-order valence-corrected chi connectivity index (χ2v) is 5.47. The summed E-state index contributed by atoms with van der Waals surface area (Å²) < 4.78 is 1.21. The van der Waals surface area contributed by atoms with Gasteiger partial charge in [-0.3, -0.25) is 0 Å². The third-order valence-corrected chi connectivity index (χ3v) is 4.11. The maximum atomic E-state index is 6.03. The smallest absolute Gasteiger partial charge is 0.0254 e. The molecule has 1 aromatic carbocycles. The van der Waals surface area contributed by atoms with Crippen LogP contribution in [0.4, 0.5) is 0 Å². The van der Waals surface area contributed by atoms with Crippen LogP contribution in [-0.2, 0) is 6.42 Å². The molecule has 0 bridgehead atoms. The molecule has 1 atom stereocenters. The number of rotatable bonds is 7. The topological polar surface area (TPSA) is 0 Å². The van der Waals surface area contributed by atoms with Crippen LogP contribution in [0.3, 0.4) is 0 Å².